The third-order valence-corrected chi connectivity index (χ3v) is 2.93. The van der Waals surface area contributed by atoms with E-state index >= 15 is 0 Å². The Balaban J connectivity index is 2.39. The van der Waals surface area contributed by atoms with Crippen molar-refractivity contribution in [2.75, 3.05) is 13.2 Å². The molecule has 1 heterocycles. The molecule has 3 heteroatoms. The lowest BCUT2D eigenvalue weighted by Gasteiger charge is -2.20. The molecule has 0 aliphatic carbocycles. The van der Waals surface area contributed by atoms with Gasteiger partial charge in [0, 0.05) is 42.1 Å². The van der Waals surface area contributed by atoms with E-state index < -0.39 is 6.29 Å². The molecule has 100 valence electrons. The molecule has 0 aliphatic heterocycles. The third-order valence-electron chi connectivity index (χ3n) is 2.93. The second kappa shape index (κ2) is 6.45. The lowest BCUT2D eigenvalue weighted by Crippen LogP contribution is -2.19. The van der Waals surface area contributed by atoms with Gasteiger partial charge in [0.25, 0.3) is 0 Å². The molecule has 3 nitrogen and oxygen atoms in total. The molecular weight excluding hydrogens is 238 g/mol. The predicted molar refractivity (Wildman–Crippen MR) is 77.8 cm³/mol. The van der Waals surface area contributed by atoms with Crippen LogP contribution < -0.4 is 0 Å². The summed E-state index contributed by atoms with van der Waals surface area (Å²) in [5.74, 6) is 0. The molecule has 0 N–H and O–H groups in total. The molecule has 0 radical (unpaired) electrons. The Labute approximate surface area is 113 Å². The lowest BCUT2D eigenvalue weighted by atomic mass is 10.0. The van der Waals surface area contributed by atoms with Crippen LogP contribution in [0, 0.1) is 0 Å². The van der Waals surface area contributed by atoms with Gasteiger partial charge in [-0.05, 0) is 19.2 Å². The Morgan fingerprint density at radius 1 is 1.16 bits per heavy atom. The summed E-state index contributed by atoms with van der Waals surface area (Å²) in [6.07, 6.45) is 3.25. The molecule has 0 aliphatic rings. The third kappa shape index (κ3) is 3.00. The van der Waals surface area contributed by atoms with Gasteiger partial charge in [0.15, 0.2) is 6.29 Å². The smallest absolute Gasteiger partial charge is 0.183 e. The molecule has 0 bridgehead atoms. The van der Waals surface area contributed by atoms with Crippen LogP contribution in [0.2, 0.25) is 0 Å². The maximum Gasteiger partial charge on any atom is 0.183 e. The highest BCUT2D eigenvalue weighted by Gasteiger charge is 2.16. The molecule has 1 aromatic heterocycles. The minimum absolute atomic E-state index is 0.414. The van der Waals surface area contributed by atoms with Crippen molar-refractivity contribution in [2.24, 2.45) is 0 Å². The van der Waals surface area contributed by atoms with Crippen molar-refractivity contribution in [3.63, 3.8) is 0 Å². The quantitative estimate of drug-likeness (QED) is 0.740. The van der Waals surface area contributed by atoms with Crippen LogP contribution in [0.1, 0.15) is 19.4 Å². The first kappa shape index (κ1) is 13.7. The van der Waals surface area contributed by atoms with E-state index in [0.717, 1.165) is 21.9 Å². The van der Waals surface area contributed by atoms with Crippen molar-refractivity contribution in [2.45, 2.75) is 20.1 Å². The second-order valence-electron chi connectivity index (χ2n) is 4.18. The monoisotopic (exact) mass is 257 g/mol. The average molecular weight is 257 g/mol. The summed E-state index contributed by atoms with van der Waals surface area (Å²) in [5, 5.41) is 2.21. The van der Waals surface area contributed by atoms with E-state index in [1.54, 1.807) is 0 Å². The molecule has 2 aromatic rings. The van der Waals surface area contributed by atoms with Gasteiger partial charge in [-0.2, -0.15) is 0 Å². The van der Waals surface area contributed by atoms with Crippen LogP contribution in [0.15, 0.2) is 43.2 Å². The number of rotatable bonds is 6. The highest BCUT2D eigenvalue weighted by atomic mass is 16.7. The summed E-state index contributed by atoms with van der Waals surface area (Å²) in [6.45, 7) is 9.18. The van der Waals surface area contributed by atoms with E-state index in [4.69, 9.17) is 9.47 Å². The summed E-state index contributed by atoms with van der Waals surface area (Å²) in [4.78, 5) is 4.26. The van der Waals surface area contributed by atoms with Crippen LogP contribution in [0.5, 0.6) is 0 Å². The van der Waals surface area contributed by atoms with E-state index in [9.17, 15) is 0 Å². The van der Waals surface area contributed by atoms with Crippen molar-refractivity contribution >= 4 is 16.3 Å². The van der Waals surface area contributed by atoms with Crippen LogP contribution in [-0.4, -0.2) is 24.5 Å². The minimum Gasteiger partial charge on any atom is -0.349 e. The van der Waals surface area contributed by atoms with E-state index in [1.165, 1.54) is 0 Å². The normalized spacial score (nSPS) is 11.1. The first-order chi connectivity index (χ1) is 9.27. The van der Waals surface area contributed by atoms with Crippen LogP contribution in [-0.2, 0) is 9.47 Å². The van der Waals surface area contributed by atoms with E-state index in [2.05, 4.69) is 17.6 Å². The topological polar surface area (TPSA) is 31.4 Å². The Hall–Kier alpha value is -1.71. The maximum absolute atomic E-state index is 5.60. The maximum atomic E-state index is 5.60. The Bertz CT molecular complexity index is 554. The number of aromatic nitrogens is 1. The molecule has 0 atom stereocenters. The zero-order chi connectivity index (χ0) is 13.7. The minimum atomic E-state index is -0.414. The summed E-state index contributed by atoms with van der Waals surface area (Å²) in [5.41, 5.74) is 1.79. The molecule has 0 saturated heterocycles. The van der Waals surface area contributed by atoms with Gasteiger partial charge in [-0.25, -0.2) is 0 Å². The molecular formula is C16H19NO2. The molecule has 19 heavy (non-hydrogen) atoms. The van der Waals surface area contributed by atoms with Crippen molar-refractivity contribution in [3.05, 3.63) is 48.8 Å². The van der Waals surface area contributed by atoms with Crippen LogP contribution >= 0.6 is 0 Å². The summed E-state index contributed by atoms with van der Waals surface area (Å²) in [6, 6.07) is 8.11. The highest BCUT2D eigenvalue weighted by Crippen LogP contribution is 2.26. The SMILES string of the molecule is C=C(c1cncc2ccccc12)C(OCC)OCC. The van der Waals surface area contributed by atoms with Crippen molar-refractivity contribution in [3.8, 4) is 0 Å². The van der Waals surface area contributed by atoms with Gasteiger partial charge >= 0.3 is 0 Å². The zero-order valence-electron chi connectivity index (χ0n) is 11.4. The summed E-state index contributed by atoms with van der Waals surface area (Å²) >= 11 is 0. The van der Waals surface area contributed by atoms with Gasteiger partial charge in [-0.1, -0.05) is 30.8 Å². The van der Waals surface area contributed by atoms with Gasteiger partial charge in [0.1, 0.15) is 0 Å². The molecule has 0 amide bonds. The fraction of sp³-hybridized carbons (Fsp3) is 0.312. The summed E-state index contributed by atoms with van der Waals surface area (Å²) in [7, 11) is 0. The number of pyridine rings is 1. The van der Waals surface area contributed by atoms with Crippen LogP contribution in [0.25, 0.3) is 16.3 Å². The van der Waals surface area contributed by atoms with Gasteiger partial charge in [-0.3, -0.25) is 4.98 Å². The predicted octanol–water partition coefficient (Wildman–Crippen LogP) is 3.65. The average Bonchev–Trinajstić information content (AvgIpc) is 2.46. The van der Waals surface area contributed by atoms with Crippen molar-refractivity contribution < 1.29 is 9.47 Å². The van der Waals surface area contributed by atoms with Crippen molar-refractivity contribution in [1.82, 2.24) is 4.98 Å². The Morgan fingerprint density at radius 3 is 2.53 bits per heavy atom. The first-order valence-corrected chi connectivity index (χ1v) is 6.53. The Morgan fingerprint density at radius 2 is 1.84 bits per heavy atom. The van der Waals surface area contributed by atoms with Crippen LogP contribution in [0.4, 0.5) is 0 Å². The highest BCUT2D eigenvalue weighted by molar-refractivity contribution is 5.93. The van der Waals surface area contributed by atoms with E-state index in [0.29, 0.717) is 13.2 Å². The summed E-state index contributed by atoms with van der Waals surface area (Å²) < 4.78 is 11.2. The number of ether oxygens (including phenoxy) is 2. The largest absolute Gasteiger partial charge is 0.349 e. The van der Waals surface area contributed by atoms with E-state index in [-0.39, 0.29) is 0 Å². The first-order valence-electron chi connectivity index (χ1n) is 6.53. The van der Waals surface area contributed by atoms with Gasteiger partial charge in [0.2, 0.25) is 0 Å². The number of hydrogen-bond donors (Lipinski definition) is 0. The molecule has 0 spiro atoms. The number of benzene rings is 1. The van der Waals surface area contributed by atoms with Crippen LogP contribution in [0.3, 0.4) is 0 Å². The number of fused-ring (bicyclic) bond motifs is 1. The van der Waals surface area contributed by atoms with Gasteiger partial charge in [-0.15, -0.1) is 0 Å². The van der Waals surface area contributed by atoms with Crippen molar-refractivity contribution in [1.29, 1.82) is 0 Å². The standard InChI is InChI=1S/C16H19NO2/c1-4-18-16(19-5-2)12(3)15-11-17-10-13-8-6-7-9-14(13)15/h6-11,16H,3-5H2,1-2H3. The van der Waals surface area contributed by atoms with Gasteiger partial charge in [0.05, 0.1) is 0 Å². The molecule has 0 fully saturated rings. The molecule has 0 unspecified atom stereocenters. The van der Waals surface area contributed by atoms with E-state index in [1.807, 2.05) is 44.4 Å². The second-order valence-corrected chi connectivity index (χ2v) is 4.18. The number of nitrogens with zero attached hydrogens (tertiary/aromatic N) is 1. The van der Waals surface area contributed by atoms with Gasteiger partial charge < -0.3 is 9.47 Å². The lowest BCUT2D eigenvalue weighted by molar-refractivity contribution is -0.0962. The molecule has 0 saturated carbocycles. The fourth-order valence-electron chi connectivity index (χ4n) is 2.05. The molecule has 2 rings (SSSR count). The fourth-order valence-corrected chi connectivity index (χ4v) is 2.05. The number of hydrogen-bond acceptors (Lipinski definition) is 3. The zero-order valence-corrected chi connectivity index (χ0v) is 11.4. The Kier molecular flexibility index (Phi) is 4.66. The molecule has 1 aromatic carbocycles.